The summed E-state index contributed by atoms with van der Waals surface area (Å²) in [5.41, 5.74) is 14.1. The minimum atomic E-state index is -0.0164. The fourth-order valence-corrected chi connectivity index (χ4v) is 4.32. The minimum Gasteiger partial charge on any atom is -0.147 e. The molecule has 2 aromatic rings. The topological polar surface area (TPSA) is 90.2 Å². The van der Waals surface area contributed by atoms with Crippen LogP contribution in [0.15, 0.2) is 28.6 Å². The first-order valence-electron chi connectivity index (χ1n) is 6.86. The molecule has 2 aromatic heterocycles. The van der Waals surface area contributed by atoms with E-state index in [2.05, 4.69) is 21.9 Å². The van der Waals surface area contributed by atoms with Crippen molar-refractivity contribution in [1.82, 2.24) is 9.97 Å². The quantitative estimate of drug-likeness (QED) is 0.277. The van der Waals surface area contributed by atoms with Gasteiger partial charge in [0.05, 0.1) is 0 Å². The van der Waals surface area contributed by atoms with E-state index in [9.17, 15) is 0 Å². The molecule has 0 aliphatic rings. The summed E-state index contributed by atoms with van der Waals surface area (Å²) in [5.74, 6) is 0. The van der Waals surface area contributed by atoms with E-state index >= 15 is 0 Å². The Morgan fingerprint density at radius 2 is 1.96 bits per heavy atom. The third-order valence-electron chi connectivity index (χ3n) is 2.77. The zero-order valence-corrected chi connectivity index (χ0v) is 18.4. The van der Waals surface area contributed by atoms with Gasteiger partial charge in [-0.05, 0) is 0 Å². The Morgan fingerprint density at radius 3 is 2.62 bits per heavy atom. The van der Waals surface area contributed by atoms with E-state index in [4.69, 9.17) is 11.5 Å². The number of hydrogen-bond donors (Lipinski definition) is 2. The molecule has 0 bridgehead atoms. The summed E-state index contributed by atoms with van der Waals surface area (Å²) in [7, 11) is 0. The van der Waals surface area contributed by atoms with Crippen molar-refractivity contribution in [3.63, 3.8) is 0 Å². The summed E-state index contributed by atoms with van der Waals surface area (Å²) in [6, 6.07) is 5.78. The van der Waals surface area contributed by atoms with E-state index in [0.717, 1.165) is 21.7 Å². The normalized spacial score (nSPS) is 10.8. The van der Waals surface area contributed by atoms with Gasteiger partial charge >= 0.3 is 135 Å². The summed E-state index contributed by atoms with van der Waals surface area (Å²) >= 11 is 1.47. The Hall–Kier alpha value is -0.362. The van der Waals surface area contributed by atoms with Crippen LogP contribution in [0.3, 0.4) is 0 Å². The molecule has 1 radical (unpaired) electrons. The molecule has 135 valence electrons. The van der Waals surface area contributed by atoms with E-state index < -0.39 is 0 Å². The Balaban J connectivity index is 0. The Bertz CT molecular complexity index is 624. The van der Waals surface area contributed by atoms with Crippen molar-refractivity contribution in [2.45, 2.75) is 31.5 Å². The first kappa shape index (κ1) is 25.9. The number of unbranched alkanes of at least 4 members (excludes halogenated alkanes) is 1. The molecule has 2 heterocycles. The molecular weight excluding hydrogens is 452 g/mol. The molecule has 0 saturated carbocycles. The summed E-state index contributed by atoms with van der Waals surface area (Å²) in [5, 5.41) is 3.83. The third-order valence-corrected chi connectivity index (χ3v) is 5.52. The first-order chi connectivity index (χ1) is 10.2. The largest absolute Gasteiger partial charge is 0.147 e. The average molecular weight is 474 g/mol. The van der Waals surface area contributed by atoms with Crippen LogP contribution in [-0.4, -0.2) is 30.3 Å². The third kappa shape index (κ3) is 8.15. The number of halogens is 3. The standard InChI is InChI=1S/C14H19AsN5S.3ClH/c1-2-3-7-15-13(17)20-14-19-12(9-21-14)11-6-4-5-10(8-16)18-11;;;/h4-6,9H,2-3,7-8,16H2,1H3,(H2,17,19,20);3*1H. The zero-order valence-electron chi connectivity index (χ0n) is 13.2. The van der Waals surface area contributed by atoms with Crippen LogP contribution >= 0.6 is 48.6 Å². The van der Waals surface area contributed by atoms with Crippen LogP contribution in [-0.2, 0) is 6.54 Å². The summed E-state index contributed by atoms with van der Waals surface area (Å²) in [4.78, 5) is 13.4. The van der Waals surface area contributed by atoms with Crippen LogP contribution in [0.2, 0.25) is 5.21 Å². The van der Waals surface area contributed by atoms with Crippen LogP contribution in [0.1, 0.15) is 25.5 Å². The Labute approximate surface area is 172 Å². The second-order valence-electron chi connectivity index (χ2n) is 4.44. The number of nitrogens with two attached hydrogens (primary N) is 2. The van der Waals surface area contributed by atoms with Gasteiger partial charge in [-0.25, -0.2) is 0 Å². The van der Waals surface area contributed by atoms with Crippen molar-refractivity contribution in [3.05, 3.63) is 29.3 Å². The van der Waals surface area contributed by atoms with Gasteiger partial charge in [-0.15, -0.1) is 37.2 Å². The smallest absolute Gasteiger partial charge is 0.147 e. The SMILES string of the molecule is CCCC[As]C(N)=Nc1nc(-c2cccc(CN)n2)cs1.Cl.Cl.Cl. The minimum absolute atomic E-state index is 0. The molecule has 0 aliphatic heterocycles. The molecule has 10 heteroatoms. The maximum Gasteiger partial charge on any atom is -0.147 e. The van der Waals surface area contributed by atoms with Crippen molar-refractivity contribution in [3.8, 4) is 11.4 Å². The van der Waals surface area contributed by atoms with Gasteiger partial charge in [-0.1, -0.05) is 0 Å². The molecule has 0 fully saturated rings. The zero-order chi connectivity index (χ0) is 15.1. The molecule has 0 unspecified atom stereocenters. The molecular formula is C14H22AsCl3N5S. The summed E-state index contributed by atoms with van der Waals surface area (Å²) in [6.07, 6.45) is 2.42. The Kier molecular flexibility index (Phi) is 15.0. The molecule has 0 aromatic carbocycles. The summed E-state index contributed by atoms with van der Waals surface area (Å²) < 4.78 is 0.740. The van der Waals surface area contributed by atoms with Gasteiger partial charge in [-0.2, -0.15) is 0 Å². The van der Waals surface area contributed by atoms with Gasteiger partial charge in [-0.3, -0.25) is 0 Å². The summed E-state index contributed by atoms with van der Waals surface area (Å²) in [6.45, 7) is 2.61. The Morgan fingerprint density at radius 1 is 1.21 bits per heavy atom. The van der Waals surface area contributed by atoms with Gasteiger partial charge in [0, 0.05) is 0 Å². The molecule has 0 atom stereocenters. The molecule has 0 saturated heterocycles. The molecule has 0 spiro atoms. The molecule has 0 amide bonds. The fourth-order valence-electron chi connectivity index (χ4n) is 1.65. The van der Waals surface area contributed by atoms with Crippen LogP contribution < -0.4 is 11.5 Å². The van der Waals surface area contributed by atoms with E-state index in [1.807, 2.05) is 23.6 Å². The van der Waals surface area contributed by atoms with Crippen molar-refractivity contribution >= 4 is 74.1 Å². The van der Waals surface area contributed by atoms with Gasteiger partial charge in [0.25, 0.3) is 0 Å². The predicted octanol–water partition coefficient (Wildman–Crippen LogP) is 3.80. The fraction of sp³-hybridized carbons (Fsp3) is 0.357. The van der Waals surface area contributed by atoms with Crippen LogP contribution in [0.25, 0.3) is 11.4 Å². The number of rotatable bonds is 7. The number of nitrogens with zero attached hydrogens (tertiary/aromatic N) is 3. The second-order valence-corrected chi connectivity index (χ2v) is 7.84. The van der Waals surface area contributed by atoms with Crippen molar-refractivity contribution < 1.29 is 0 Å². The number of amidine groups is 1. The molecule has 24 heavy (non-hydrogen) atoms. The number of aliphatic imine (C=N–C) groups is 1. The molecule has 4 N–H and O–H groups in total. The monoisotopic (exact) mass is 472 g/mol. The number of pyridine rings is 1. The van der Waals surface area contributed by atoms with E-state index in [1.165, 1.54) is 29.4 Å². The number of thiazole rings is 1. The number of hydrogen-bond acceptors (Lipinski definition) is 5. The molecule has 5 nitrogen and oxygen atoms in total. The van der Waals surface area contributed by atoms with E-state index in [0.29, 0.717) is 11.7 Å². The molecule has 0 aliphatic carbocycles. The van der Waals surface area contributed by atoms with Gasteiger partial charge in [0.15, 0.2) is 0 Å². The van der Waals surface area contributed by atoms with Crippen LogP contribution in [0.5, 0.6) is 0 Å². The van der Waals surface area contributed by atoms with Crippen molar-refractivity contribution in [2.24, 2.45) is 16.5 Å². The van der Waals surface area contributed by atoms with Gasteiger partial charge in [0.2, 0.25) is 0 Å². The van der Waals surface area contributed by atoms with E-state index in [1.54, 1.807) is 0 Å². The van der Waals surface area contributed by atoms with Gasteiger partial charge < -0.3 is 0 Å². The predicted molar refractivity (Wildman–Crippen MR) is 112 cm³/mol. The molecule has 2 rings (SSSR count). The van der Waals surface area contributed by atoms with Crippen molar-refractivity contribution in [1.29, 1.82) is 0 Å². The van der Waals surface area contributed by atoms with Crippen molar-refractivity contribution in [2.75, 3.05) is 0 Å². The van der Waals surface area contributed by atoms with Crippen LogP contribution in [0, 0.1) is 0 Å². The second kappa shape index (κ2) is 13.9. The maximum atomic E-state index is 5.97. The number of aromatic nitrogens is 2. The van der Waals surface area contributed by atoms with E-state index in [-0.39, 0.29) is 53.0 Å². The first-order valence-corrected chi connectivity index (χ1v) is 10.0. The van der Waals surface area contributed by atoms with Gasteiger partial charge in [0.1, 0.15) is 0 Å². The maximum absolute atomic E-state index is 5.97. The average Bonchev–Trinajstić information content (AvgIpc) is 2.96. The van der Waals surface area contributed by atoms with Crippen LogP contribution in [0.4, 0.5) is 5.13 Å².